The van der Waals surface area contributed by atoms with Crippen LogP contribution in [-0.2, 0) is 19.1 Å². The maximum absolute atomic E-state index is 12.6. The average Bonchev–Trinajstić information content (AvgIpc) is 3.15. The second kappa shape index (κ2) is 11.3. The maximum Gasteiger partial charge on any atom is 0.377 e. The fraction of sp³-hybridized carbons (Fsp3) is 0.520. The van der Waals surface area contributed by atoms with E-state index in [0.29, 0.717) is 5.57 Å². The Morgan fingerprint density at radius 3 is 2.36 bits per heavy atom. The Kier molecular flexibility index (Phi) is 8.62. The average molecular weight is 509 g/mol. The number of phenols is 1. The third-order valence-corrected chi connectivity index (χ3v) is 6.75. The molecule has 0 spiro atoms. The minimum atomic E-state index is -1.31. The van der Waals surface area contributed by atoms with Crippen molar-refractivity contribution in [3.05, 3.63) is 46.7 Å². The van der Waals surface area contributed by atoms with Crippen LogP contribution in [-0.4, -0.2) is 84.3 Å². The Balaban J connectivity index is 1.74. The number of phenolic OH excluding ortho intramolecular Hbond substituents is 1. The number of carbonyl (C=O) groups is 2. The normalized spacial score (nSPS) is 30.0. The number of hydrogen-bond donors (Lipinski definition) is 7. The molecule has 1 saturated heterocycles. The van der Waals surface area contributed by atoms with Crippen molar-refractivity contribution in [2.75, 3.05) is 0 Å². The van der Waals surface area contributed by atoms with Crippen LogP contribution in [0.3, 0.4) is 0 Å². The predicted molar refractivity (Wildman–Crippen MR) is 125 cm³/mol. The van der Waals surface area contributed by atoms with Gasteiger partial charge in [-0.1, -0.05) is 5.57 Å². The molecule has 11 nitrogen and oxygen atoms in total. The minimum Gasteiger partial charge on any atom is -0.508 e. The Hall–Kier alpha value is -3.12. The number of carbonyl (C=O) groups excluding carboxylic acids is 1. The number of aliphatic carboxylic acids is 1. The van der Waals surface area contributed by atoms with Crippen molar-refractivity contribution in [1.29, 1.82) is 0 Å². The monoisotopic (exact) mass is 508 g/mol. The lowest BCUT2D eigenvalue weighted by molar-refractivity contribution is -0.166. The molecule has 0 aromatic heterocycles. The molecular formula is C25H32O11. The van der Waals surface area contributed by atoms with Gasteiger partial charge in [0, 0.05) is 24.0 Å². The molecule has 3 rings (SSSR count). The minimum absolute atomic E-state index is 0.00582. The van der Waals surface area contributed by atoms with Gasteiger partial charge in [-0.15, -0.1) is 0 Å². The van der Waals surface area contributed by atoms with Crippen LogP contribution in [0.25, 0.3) is 5.76 Å². The molecule has 7 N–H and O–H groups in total. The number of ether oxygens (including phenoxy) is 2. The number of aromatic hydroxyl groups is 1. The predicted octanol–water partition coefficient (Wildman–Crippen LogP) is 1.55. The topological polar surface area (TPSA) is 194 Å². The second-order valence-electron chi connectivity index (χ2n) is 9.31. The summed E-state index contributed by atoms with van der Waals surface area (Å²) in [5.41, 5.74) is 0.317. The van der Waals surface area contributed by atoms with Crippen LogP contribution >= 0.6 is 0 Å². The summed E-state index contributed by atoms with van der Waals surface area (Å²) in [6.07, 6.45) is -5.10. The highest BCUT2D eigenvalue weighted by Crippen LogP contribution is 2.39. The van der Waals surface area contributed by atoms with Crippen LogP contribution in [0.15, 0.2) is 41.2 Å². The van der Waals surface area contributed by atoms with Gasteiger partial charge >= 0.3 is 11.9 Å². The van der Waals surface area contributed by atoms with Gasteiger partial charge < -0.3 is 45.2 Å². The number of aliphatic hydroxyl groups excluding tert-OH is 5. The lowest BCUT2D eigenvalue weighted by Gasteiger charge is -2.36. The molecule has 0 radical (unpaired) electrons. The highest BCUT2D eigenvalue weighted by atomic mass is 16.6. The molecule has 3 unspecified atom stereocenters. The lowest BCUT2D eigenvalue weighted by Crippen LogP contribution is -2.46. The molecule has 1 fully saturated rings. The zero-order chi connectivity index (χ0) is 26.7. The van der Waals surface area contributed by atoms with Crippen molar-refractivity contribution in [2.24, 2.45) is 5.92 Å². The maximum atomic E-state index is 12.6. The first-order valence-corrected chi connectivity index (χ1v) is 11.7. The van der Waals surface area contributed by atoms with Crippen molar-refractivity contribution >= 4 is 17.7 Å². The molecule has 198 valence electrons. The van der Waals surface area contributed by atoms with Gasteiger partial charge in [-0.25, -0.2) is 9.59 Å². The van der Waals surface area contributed by atoms with Gasteiger partial charge in [0.05, 0.1) is 36.4 Å². The fourth-order valence-electron chi connectivity index (χ4n) is 4.76. The van der Waals surface area contributed by atoms with E-state index >= 15 is 0 Å². The van der Waals surface area contributed by atoms with E-state index in [0.717, 1.165) is 0 Å². The van der Waals surface area contributed by atoms with Crippen LogP contribution in [0.1, 0.15) is 45.1 Å². The molecule has 0 bridgehead atoms. The van der Waals surface area contributed by atoms with Crippen LogP contribution in [0.5, 0.6) is 5.75 Å². The Labute approximate surface area is 207 Å². The van der Waals surface area contributed by atoms with Crippen molar-refractivity contribution in [3.63, 3.8) is 0 Å². The zero-order valence-corrected chi connectivity index (χ0v) is 19.9. The molecule has 36 heavy (non-hydrogen) atoms. The van der Waals surface area contributed by atoms with Gasteiger partial charge in [0.2, 0.25) is 5.76 Å². The summed E-state index contributed by atoms with van der Waals surface area (Å²) >= 11 is 0. The van der Waals surface area contributed by atoms with E-state index in [1.165, 1.54) is 31.2 Å². The quantitative estimate of drug-likeness (QED) is 0.153. The molecule has 1 aliphatic heterocycles. The Morgan fingerprint density at radius 1 is 1.11 bits per heavy atom. The first-order valence-electron chi connectivity index (χ1n) is 11.7. The summed E-state index contributed by atoms with van der Waals surface area (Å²) < 4.78 is 10.9. The summed E-state index contributed by atoms with van der Waals surface area (Å²) in [6.45, 7) is 3.20. The standard InChI is InChI=1S/C25H32O11/c1-11-9-19(36-25(34)23(31)22(30)13-3-5-14(26)6-4-13)21(20(11)24(32)33)15(27)7-8-18-17(29)10-16(28)12(2)35-18/h3-6,12,15-19,21,26-31H,7-10H2,1-2H3,(H,32,33)/b23-22-/t12-,15+,16?,17-,18?,19?,21+/m1/s1. The van der Waals surface area contributed by atoms with E-state index in [4.69, 9.17) is 9.47 Å². The van der Waals surface area contributed by atoms with E-state index in [-0.39, 0.29) is 42.6 Å². The van der Waals surface area contributed by atoms with Crippen LogP contribution in [0.4, 0.5) is 0 Å². The molecule has 2 aliphatic rings. The number of rotatable bonds is 8. The largest absolute Gasteiger partial charge is 0.508 e. The molecule has 1 heterocycles. The second-order valence-corrected chi connectivity index (χ2v) is 9.31. The summed E-state index contributed by atoms with van der Waals surface area (Å²) in [5, 5.41) is 70.5. The fourth-order valence-corrected chi connectivity index (χ4v) is 4.76. The number of hydrogen-bond acceptors (Lipinski definition) is 10. The number of aliphatic hydroxyl groups is 5. The molecule has 1 aromatic rings. The van der Waals surface area contributed by atoms with Crippen LogP contribution < -0.4 is 0 Å². The van der Waals surface area contributed by atoms with E-state index in [2.05, 4.69) is 0 Å². The van der Waals surface area contributed by atoms with E-state index < -0.39 is 66.0 Å². The van der Waals surface area contributed by atoms with Gasteiger partial charge in [-0.05, 0) is 51.0 Å². The van der Waals surface area contributed by atoms with E-state index in [1.54, 1.807) is 6.92 Å². The van der Waals surface area contributed by atoms with Crippen molar-refractivity contribution < 1.29 is 54.8 Å². The third kappa shape index (κ3) is 5.98. The van der Waals surface area contributed by atoms with Crippen LogP contribution in [0.2, 0.25) is 0 Å². The summed E-state index contributed by atoms with van der Waals surface area (Å²) in [5.74, 6) is -5.71. The molecule has 7 atom stereocenters. The van der Waals surface area contributed by atoms with Gasteiger partial charge in [-0.3, -0.25) is 0 Å². The number of benzene rings is 1. The van der Waals surface area contributed by atoms with Crippen molar-refractivity contribution in [1.82, 2.24) is 0 Å². The van der Waals surface area contributed by atoms with Gasteiger partial charge in [-0.2, -0.15) is 0 Å². The molecule has 11 heteroatoms. The van der Waals surface area contributed by atoms with E-state index in [1.807, 2.05) is 0 Å². The highest BCUT2D eigenvalue weighted by molar-refractivity contribution is 5.94. The zero-order valence-electron chi connectivity index (χ0n) is 19.9. The van der Waals surface area contributed by atoms with Gasteiger partial charge in [0.1, 0.15) is 11.9 Å². The van der Waals surface area contributed by atoms with Crippen LogP contribution in [0, 0.1) is 5.92 Å². The molecule has 0 amide bonds. The highest BCUT2D eigenvalue weighted by Gasteiger charge is 2.44. The summed E-state index contributed by atoms with van der Waals surface area (Å²) in [7, 11) is 0. The van der Waals surface area contributed by atoms with Gasteiger partial charge in [0.15, 0.2) is 5.76 Å². The summed E-state index contributed by atoms with van der Waals surface area (Å²) in [4.78, 5) is 24.5. The van der Waals surface area contributed by atoms with Crippen molar-refractivity contribution in [2.45, 2.75) is 76.2 Å². The molecule has 1 aromatic carbocycles. The lowest BCUT2D eigenvalue weighted by atomic mass is 9.87. The third-order valence-electron chi connectivity index (χ3n) is 6.75. The summed E-state index contributed by atoms with van der Waals surface area (Å²) in [6, 6.07) is 5.03. The molecular weight excluding hydrogens is 476 g/mol. The smallest absolute Gasteiger partial charge is 0.377 e. The first-order chi connectivity index (χ1) is 16.9. The van der Waals surface area contributed by atoms with E-state index in [9.17, 15) is 45.3 Å². The number of carboxylic acid groups (broad SMARTS) is 1. The van der Waals surface area contributed by atoms with Gasteiger partial charge in [0.25, 0.3) is 0 Å². The van der Waals surface area contributed by atoms with Crippen molar-refractivity contribution in [3.8, 4) is 5.75 Å². The molecule has 1 aliphatic carbocycles. The Bertz CT molecular complexity index is 1030. The Morgan fingerprint density at radius 2 is 1.75 bits per heavy atom. The number of carboxylic acids is 1. The number of esters is 1. The molecule has 0 saturated carbocycles. The SMILES string of the molecule is CC1=C(C(=O)O)[C@@H]([C@@H](O)CCC2O[C@H](C)C(O)C[C@H]2O)C(OC(=O)/C(O)=C(/O)c2ccc(O)cc2)C1. The first kappa shape index (κ1) is 27.5.